The summed E-state index contributed by atoms with van der Waals surface area (Å²) in [4.78, 5) is 19.3. The highest BCUT2D eigenvalue weighted by Gasteiger charge is 2.40. The molecule has 0 aromatic carbocycles. The quantitative estimate of drug-likeness (QED) is 0.810. The molecule has 2 fully saturated rings. The third-order valence-electron chi connectivity index (χ3n) is 4.53. The van der Waals surface area contributed by atoms with E-state index in [2.05, 4.69) is 4.98 Å². The van der Waals surface area contributed by atoms with E-state index in [4.69, 9.17) is 4.74 Å². The van der Waals surface area contributed by atoms with Crippen LogP contribution in [0, 0.1) is 6.92 Å². The maximum atomic E-state index is 12.9. The highest BCUT2D eigenvalue weighted by atomic mass is 32.2. The zero-order chi connectivity index (χ0) is 15.2. The first kappa shape index (κ1) is 14.1. The van der Waals surface area contributed by atoms with Crippen LogP contribution in [0.25, 0.3) is 5.65 Å². The van der Waals surface area contributed by atoms with Crippen molar-refractivity contribution in [1.29, 1.82) is 0 Å². The molecule has 6 heteroatoms. The molecule has 0 radical (unpaired) electrons. The molecule has 1 amide bonds. The van der Waals surface area contributed by atoms with E-state index in [0.29, 0.717) is 5.69 Å². The summed E-state index contributed by atoms with van der Waals surface area (Å²) in [6.45, 7) is 4.25. The van der Waals surface area contributed by atoms with Crippen molar-refractivity contribution < 1.29 is 9.53 Å². The number of hydrogen-bond donors (Lipinski definition) is 0. The molecule has 0 unspecified atom stereocenters. The number of carbonyl (C=O) groups is 1. The molecule has 0 saturated carbocycles. The number of thioether (sulfide) groups is 1. The summed E-state index contributed by atoms with van der Waals surface area (Å²) in [5.74, 6) is 1.15. The van der Waals surface area contributed by atoms with E-state index in [9.17, 15) is 4.79 Å². The summed E-state index contributed by atoms with van der Waals surface area (Å²) < 4.78 is 7.79. The van der Waals surface area contributed by atoms with Crippen LogP contribution in [0.3, 0.4) is 0 Å². The van der Waals surface area contributed by atoms with Crippen LogP contribution in [0.4, 0.5) is 0 Å². The number of ether oxygens (including phenoxy) is 1. The number of carbonyl (C=O) groups excluding carboxylic acids is 1. The number of hydrogen-bond acceptors (Lipinski definition) is 4. The number of amides is 1. The average Bonchev–Trinajstić information content (AvgIpc) is 3.11. The van der Waals surface area contributed by atoms with Gasteiger partial charge in [-0.05, 0) is 19.1 Å². The van der Waals surface area contributed by atoms with Crippen LogP contribution in [-0.2, 0) is 4.74 Å². The van der Waals surface area contributed by atoms with Gasteiger partial charge in [-0.2, -0.15) is 0 Å². The minimum Gasteiger partial charge on any atom is -0.363 e. The number of fused-ring (bicyclic) bond motifs is 1. The second-order valence-electron chi connectivity index (χ2n) is 5.87. The van der Waals surface area contributed by atoms with Crippen LogP contribution in [0.5, 0.6) is 0 Å². The van der Waals surface area contributed by atoms with E-state index in [1.54, 1.807) is 0 Å². The lowest BCUT2D eigenvalue weighted by Crippen LogP contribution is -2.45. The van der Waals surface area contributed by atoms with Crippen LogP contribution in [0.15, 0.2) is 24.4 Å². The highest BCUT2D eigenvalue weighted by molar-refractivity contribution is 8.00. The summed E-state index contributed by atoms with van der Waals surface area (Å²) >= 11 is 1.90. The summed E-state index contributed by atoms with van der Waals surface area (Å²) in [6.07, 6.45) is 3.74. The van der Waals surface area contributed by atoms with Gasteiger partial charge in [0.05, 0.1) is 12.3 Å². The Bertz CT molecular complexity index is 711. The van der Waals surface area contributed by atoms with Gasteiger partial charge in [-0.15, -0.1) is 11.8 Å². The normalized spacial score (nSPS) is 20.9. The summed E-state index contributed by atoms with van der Waals surface area (Å²) in [6, 6.07) is 5.80. The molecular formula is C16H19N3O2S. The van der Waals surface area contributed by atoms with Gasteiger partial charge in [0, 0.05) is 37.9 Å². The third-order valence-corrected chi connectivity index (χ3v) is 5.96. The van der Waals surface area contributed by atoms with Crippen molar-refractivity contribution >= 4 is 23.3 Å². The zero-order valence-electron chi connectivity index (χ0n) is 12.6. The lowest BCUT2D eigenvalue weighted by Gasteiger charge is -2.37. The zero-order valence-corrected chi connectivity index (χ0v) is 13.4. The second kappa shape index (κ2) is 5.28. The Labute approximate surface area is 133 Å². The molecule has 0 N–H and O–H groups in total. The number of pyridine rings is 1. The minimum atomic E-state index is -0.0364. The SMILES string of the molecule is Cc1nc2ccccn2c1C(=O)N1CCC2(CC1)OCCS2. The third kappa shape index (κ3) is 2.21. The molecular weight excluding hydrogens is 298 g/mol. The number of piperidine rings is 1. The van der Waals surface area contributed by atoms with E-state index in [-0.39, 0.29) is 10.8 Å². The molecule has 116 valence electrons. The van der Waals surface area contributed by atoms with Crippen molar-refractivity contribution in [3.8, 4) is 0 Å². The number of aryl methyl sites for hydroxylation is 1. The van der Waals surface area contributed by atoms with Gasteiger partial charge in [0.1, 0.15) is 16.3 Å². The smallest absolute Gasteiger partial charge is 0.272 e. The Kier molecular flexibility index (Phi) is 3.38. The molecule has 2 aromatic rings. The Balaban J connectivity index is 1.58. The first-order valence-corrected chi connectivity index (χ1v) is 8.68. The number of aromatic nitrogens is 2. The Morgan fingerprint density at radius 2 is 2.18 bits per heavy atom. The molecule has 0 aliphatic carbocycles. The number of nitrogens with zero attached hydrogens (tertiary/aromatic N) is 3. The molecule has 1 spiro atoms. The van der Waals surface area contributed by atoms with Crippen molar-refractivity contribution in [2.24, 2.45) is 0 Å². The van der Waals surface area contributed by atoms with Crippen molar-refractivity contribution in [2.45, 2.75) is 24.7 Å². The molecule has 2 aliphatic rings. The lowest BCUT2D eigenvalue weighted by atomic mass is 10.1. The number of imidazole rings is 1. The van der Waals surface area contributed by atoms with Crippen LogP contribution in [0.1, 0.15) is 29.0 Å². The first-order valence-electron chi connectivity index (χ1n) is 7.69. The van der Waals surface area contributed by atoms with Gasteiger partial charge in [-0.1, -0.05) is 6.07 Å². The van der Waals surface area contributed by atoms with Gasteiger partial charge < -0.3 is 9.64 Å². The van der Waals surface area contributed by atoms with Crippen LogP contribution in [-0.4, -0.2) is 50.6 Å². The maximum absolute atomic E-state index is 12.9. The highest BCUT2D eigenvalue weighted by Crippen LogP contribution is 2.41. The Morgan fingerprint density at radius 1 is 1.36 bits per heavy atom. The lowest BCUT2D eigenvalue weighted by molar-refractivity contribution is 0.00333. The largest absolute Gasteiger partial charge is 0.363 e. The number of rotatable bonds is 1. The van der Waals surface area contributed by atoms with Crippen molar-refractivity contribution in [3.63, 3.8) is 0 Å². The van der Waals surface area contributed by atoms with Gasteiger partial charge in [-0.25, -0.2) is 4.98 Å². The molecule has 0 bridgehead atoms. The standard InChI is InChI=1S/C16H19N3O2S/c1-12-14(19-7-3-2-4-13(19)17-12)15(20)18-8-5-16(6-9-18)21-10-11-22-16/h2-4,7H,5-6,8-11H2,1H3. The van der Waals surface area contributed by atoms with E-state index in [1.807, 2.05) is 52.4 Å². The van der Waals surface area contributed by atoms with E-state index >= 15 is 0 Å². The molecule has 4 rings (SSSR count). The molecule has 5 nitrogen and oxygen atoms in total. The fraction of sp³-hybridized carbons (Fsp3) is 0.500. The molecule has 0 atom stereocenters. The van der Waals surface area contributed by atoms with Crippen molar-refractivity contribution in [2.75, 3.05) is 25.4 Å². The number of likely N-dealkylation sites (tertiary alicyclic amines) is 1. The monoisotopic (exact) mass is 317 g/mol. The fourth-order valence-electron chi connectivity index (χ4n) is 3.36. The molecule has 2 aliphatic heterocycles. The van der Waals surface area contributed by atoms with E-state index in [1.165, 1.54) is 0 Å². The Morgan fingerprint density at radius 3 is 2.91 bits per heavy atom. The van der Waals surface area contributed by atoms with Crippen molar-refractivity contribution in [1.82, 2.24) is 14.3 Å². The van der Waals surface area contributed by atoms with Gasteiger partial charge in [-0.3, -0.25) is 9.20 Å². The van der Waals surface area contributed by atoms with Gasteiger partial charge in [0.2, 0.25) is 0 Å². The van der Waals surface area contributed by atoms with Crippen LogP contribution in [0.2, 0.25) is 0 Å². The molecule has 22 heavy (non-hydrogen) atoms. The predicted molar refractivity (Wildman–Crippen MR) is 86.2 cm³/mol. The van der Waals surface area contributed by atoms with E-state index < -0.39 is 0 Å². The maximum Gasteiger partial charge on any atom is 0.272 e. The van der Waals surface area contributed by atoms with Crippen molar-refractivity contribution in [3.05, 3.63) is 35.8 Å². The van der Waals surface area contributed by atoms with Gasteiger partial charge in [0.15, 0.2) is 0 Å². The topological polar surface area (TPSA) is 46.8 Å². The van der Waals surface area contributed by atoms with Crippen LogP contribution < -0.4 is 0 Å². The van der Waals surface area contributed by atoms with Crippen LogP contribution >= 0.6 is 11.8 Å². The average molecular weight is 317 g/mol. The molecule has 2 aromatic heterocycles. The summed E-state index contributed by atoms with van der Waals surface area (Å²) in [5, 5.41) is 0. The van der Waals surface area contributed by atoms with Gasteiger partial charge in [0.25, 0.3) is 5.91 Å². The first-order chi connectivity index (χ1) is 10.7. The fourth-order valence-corrected chi connectivity index (χ4v) is 4.53. The molecule has 2 saturated heterocycles. The Hall–Kier alpha value is -1.53. The molecule has 4 heterocycles. The predicted octanol–water partition coefficient (Wildman–Crippen LogP) is 2.34. The summed E-state index contributed by atoms with van der Waals surface area (Å²) in [7, 11) is 0. The second-order valence-corrected chi connectivity index (χ2v) is 7.32. The van der Waals surface area contributed by atoms with E-state index in [0.717, 1.165) is 49.6 Å². The minimum absolute atomic E-state index is 0.0364. The summed E-state index contributed by atoms with van der Waals surface area (Å²) in [5.41, 5.74) is 2.31. The van der Waals surface area contributed by atoms with Gasteiger partial charge >= 0.3 is 0 Å².